The summed E-state index contributed by atoms with van der Waals surface area (Å²) in [5, 5.41) is 3.53. The number of amides is 1. The van der Waals surface area contributed by atoms with Gasteiger partial charge in [-0.2, -0.15) is 0 Å². The maximum absolute atomic E-state index is 13.5. The Bertz CT molecular complexity index is 1270. The molecule has 1 aliphatic carbocycles. The van der Waals surface area contributed by atoms with E-state index in [1.54, 1.807) is 6.07 Å². The third-order valence-corrected chi connectivity index (χ3v) is 7.37. The van der Waals surface area contributed by atoms with E-state index in [2.05, 4.69) is 5.32 Å². The Labute approximate surface area is 179 Å². The predicted molar refractivity (Wildman–Crippen MR) is 121 cm³/mol. The van der Waals surface area contributed by atoms with Crippen molar-refractivity contribution in [3.8, 4) is 5.69 Å². The molecule has 1 aliphatic rings. The number of rotatable bonds is 5. The molecule has 0 aliphatic heterocycles. The van der Waals surface area contributed by atoms with Crippen molar-refractivity contribution in [2.75, 3.05) is 0 Å². The molecule has 4 rings (SSSR count). The summed E-state index contributed by atoms with van der Waals surface area (Å²) in [7, 11) is 0. The smallest absolute Gasteiger partial charge is 0.337 e. The van der Waals surface area contributed by atoms with Gasteiger partial charge in [0.15, 0.2) is 0 Å². The van der Waals surface area contributed by atoms with Crippen LogP contribution in [0.3, 0.4) is 0 Å². The molecule has 1 N–H and O–H groups in total. The monoisotopic (exact) mass is 425 g/mol. The molecule has 0 bridgehead atoms. The predicted octanol–water partition coefficient (Wildman–Crippen LogP) is 3.23. The molecule has 0 saturated carbocycles. The molecule has 30 heavy (non-hydrogen) atoms. The summed E-state index contributed by atoms with van der Waals surface area (Å²) in [6.07, 6.45) is 3.60. The van der Waals surface area contributed by atoms with Crippen molar-refractivity contribution < 1.29 is 4.79 Å². The maximum Gasteiger partial charge on any atom is 0.337 e. The molecule has 1 aromatic carbocycles. The highest BCUT2D eigenvalue weighted by Crippen LogP contribution is 2.35. The van der Waals surface area contributed by atoms with E-state index in [1.807, 2.05) is 39.8 Å². The van der Waals surface area contributed by atoms with Crippen molar-refractivity contribution in [2.24, 2.45) is 0 Å². The largest absolute Gasteiger partial charge is 0.352 e. The van der Waals surface area contributed by atoms with E-state index in [0.29, 0.717) is 15.9 Å². The molecule has 0 saturated heterocycles. The number of aromatic nitrogens is 2. The van der Waals surface area contributed by atoms with Crippen molar-refractivity contribution >= 4 is 27.5 Å². The van der Waals surface area contributed by atoms with Gasteiger partial charge in [-0.05, 0) is 75.3 Å². The zero-order valence-corrected chi connectivity index (χ0v) is 18.7. The highest BCUT2D eigenvalue weighted by molar-refractivity contribution is 7.19. The Kier molecular flexibility index (Phi) is 5.40. The number of carbonyl (C=O) groups is 1. The molecule has 1 atom stereocenters. The molecule has 1 amide bonds. The molecule has 0 radical (unpaired) electrons. The normalized spacial score (nSPS) is 14.1. The second kappa shape index (κ2) is 7.87. The van der Waals surface area contributed by atoms with E-state index in [-0.39, 0.29) is 24.1 Å². The fourth-order valence-electron chi connectivity index (χ4n) is 4.00. The quantitative estimate of drug-likeness (QED) is 0.682. The Morgan fingerprint density at radius 3 is 2.67 bits per heavy atom. The third-order valence-electron chi connectivity index (χ3n) is 6.06. The van der Waals surface area contributed by atoms with Crippen LogP contribution in [-0.4, -0.2) is 21.1 Å². The van der Waals surface area contributed by atoms with E-state index < -0.39 is 5.69 Å². The molecule has 0 spiro atoms. The molecule has 2 heterocycles. The van der Waals surface area contributed by atoms with Gasteiger partial charge in [-0.25, -0.2) is 9.36 Å². The van der Waals surface area contributed by atoms with E-state index >= 15 is 0 Å². The van der Waals surface area contributed by atoms with Crippen LogP contribution in [0.5, 0.6) is 0 Å². The zero-order valence-electron chi connectivity index (χ0n) is 17.9. The van der Waals surface area contributed by atoms with Gasteiger partial charge in [0, 0.05) is 10.9 Å². The van der Waals surface area contributed by atoms with Gasteiger partial charge in [0.2, 0.25) is 5.91 Å². The fourth-order valence-corrected chi connectivity index (χ4v) is 5.38. The van der Waals surface area contributed by atoms with Gasteiger partial charge in [-0.15, -0.1) is 11.3 Å². The molecule has 1 unspecified atom stereocenters. The van der Waals surface area contributed by atoms with Gasteiger partial charge in [0.1, 0.15) is 11.4 Å². The van der Waals surface area contributed by atoms with Crippen LogP contribution in [0.1, 0.15) is 48.3 Å². The van der Waals surface area contributed by atoms with Gasteiger partial charge in [0.25, 0.3) is 5.56 Å². The number of hydrogen-bond donors (Lipinski definition) is 1. The number of carbonyl (C=O) groups excluding carboxylic acids is 1. The Hall–Kier alpha value is -2.67. The van der Waals surface area contributed by atoms with Crippen molar-refractivity contribution in [3.63, 3.8) is 0 Å². The lowest BCUT2D eigenvalue weighted by Crippen LogP contribution is -2.43. The minimum absolute atomic E-state index is 0.0303. The molecule has 158 valence electrons. The summed E-state index contributed by atoms with van der Waals surface area (Å²) in [5.74, 6) is -0.216. The standard InChI is InChI=1S/C23H27N3O3S/c1-5-15(4)24-19(27)12-25-22-20(17-7-6-8-18(17)30-22)21(28)26(23(25)29)16-10-9-13(2)14(3)11-16/h9-11,15H,5-8,12H2,1-4H3,(H,24,27). The lowest BCUT2D eigenvalue weighted by atomic mass is 10.1. The molecule has 6 nitrogen and oxygen atoms in total. The molecular formula is C23H27N3O3S. The third kappa shape index (κ3) is 3.41. The van der Waals surface area contributed by atoms with Gasteiger partial charge in [0.05, 0.1) is 11.1 Å². The lowest BCUT2D eigenvalue weighted by molar-refractivity contribution is -0.122. The van der Waals surface area contributed by atoms with Crippen LogP contribution in [0.2, 0.25) is 0 Å². The highest BCUT2D eigenvalue weighted by atomic mass is 32.1. The van der Waals surface area contributed by atoms with Gasteiger partial charge < -0.3 is 5.32 Å². The van der Waals surface area contributed by atoms with Crippen LogP contribution >= 0.6 is 11.3 Å². The van der Waals surface area contributed by atoms with Gasteiger partial charge in [-0.1, -0.05) is 13.0 Å². The van der Waals surface area contributed by atoms with Crippen LogP contribution in [-0.2, 0) is 24.2 Å². The summed E-state index contributed by atoms with van der Waals surface area (Å²) < 4.78 is 2.71. The van der Waals surface area contributed by atoms with Gasteiger partial charge in [-0.3, -0.25) is 14.2 Å². The molecular weight excluding hydrogens is 398 g/mol. The summed E-state index contributed by atoms with van der Waals surface area (Å²) >= 11 is 1.49. The first-order valence-electron chi connectivity index (χ1n) is 10.5. The maximum atomic E-state index is 13.5. The second-order valence-corrected chi connectivity index (χ2v) is 9.28. The summed E-state index contributed by atoms with van der Waals surface area (Å²) in [5.41, 5.74) is 2.96. The number of nitrogens with one attached hydrogen (secondary N) is 1. The van der Waals surface area contributed by atoms with Crippen LogP contribution in [0.15, 0.2) is 27.8 Å². The second-order valence-electron chi connectivity index (χ2n) is 8.19. The number of fused-ring (bicyclic) bond motifs is 3. The summed E-state index contributed by atoms with van der Waals surface area (Å²) in [6.45, 7) is 7.80. The van der Waals surface area contributed by atoms with E-state index in [4.69, 9.17) is 0 Å². The number of benzene rings is 1. The minimum atomic E-state index is -0.463. The highest BCUT2D eigenvalue weighted by Gasteiger charge is 2.26. The Balaban J connectivity index is 1.96. The van der Waals surface area contributed by atoms with Crippen LogP contribution in [0.25, 0.3) is 15.9 Å². The van der Waals surface area contributed by atoms with Crippen molar-refractivity contribution in [1.29, 1.82) is 0 Å². The fraction of sp³-hybridized carbons (Fsp3) is 0.435. The SMILES string of the molecule is CCC(C)NC(=O)Cn1c(=O)n(-c2ccc(C)c(C)c2)c(=O)c2c3c(sc21)CCC3. The Morgan fingerprint density at radius 2 is 1.97 bits per heavy atom. The molecule has 2 aromatic heterocycles. The van der Waals surface area contributed by atoms with Crippen molar-refractivity contribution in [2.45, 2.75) is 66.0 Å². The molecule has 3 aromatic rings. The van der Waals surface area contributed by atoms with Crippen molar-refractivity contribution in [1.82, 2.24) is 14.5 Å². The minimum Gasteiger partial charge on any atom is -0.352 e. The summed E-state index contributed by atoms with van der Waals surface area (Å²) in [6, 6.07) is 5.61. The molecule has 7 heteroatoms. The Morgan fingerprint density at radius 1 is 1.20 bits per heavy atom. The number of aryl methyl sites for hydroxylation is 4. The zero-order chi connectivity index (χ0) is 21.6. The summed E-state index contributed by atoms with van der Waals surface area (Å²) in [4.78, 5) is 41.4. The molecule has 0 fully saturated rings. The van der Waals surface area contributed by atoms with Crippen LogP contribution in [0, 0.1) is 13.8 Å². The van der Waals surface area contributed by atoms with E-state index in [0.717, 1.165) is 47.3 Å². The lowest BCUT2D eigenvalue weighted by Gasteiger charge is -2.15. The number of thiophene rings is 1. The van der Waals surface area contributed by atoms with Crippen LogP contribution < -0.4 is 16.6 Å². The topological polar surface area (TPSA) is 73.1 Å². The van der Waals surface area contributed by atoms with Crippen LogP contribution in [0.4, 0.5) is 0 Å². The van der Waals surface area contributed by atoms with E-state index in [1.165, 1.54) is 20.5 Å². The average molecular weight is 426 g/mol. The first kappa shape index (κ1) is 20.6. The van der Waals surface area contributed by atoms with E-state index in [9.17, 15) is 14.4 Å². The number of nitrogens with zero attached hydrogens (tertiary/aromatic N) is 2. The first-order valence-corrected chi connectivity index (χ1v) is 11.3. The van der Waals surface area contributed by atoms with Crippen molar-refractivity contribution in [3.05, 3.63) is 60.6 Å². The van der Waals surface area contributed by atoms with Gasteiger partial charge >= 0.3 is 5.69 Å². The first-order chi connectivity index (χ1) is 14.3. The average Bonchev–Trinajstić information content (AvgIpc) is 3.29. The number of hydrogen-bond acceptors (Lipinski definition) is 4.